The molecule has 0 radical (unpaired) electrons. The van der Waals surface area contributed by atoms with E-state index in [9.17, 15) is 9.90 Å². The van der Waals surface area contributed by atoms with E-state index in [1.807, 2.05) is 5.38 Å². The van der Waals surface area contributed by atoms with E-state index < -0.39 is 0 Å². The fourth-order valence-corrected chi connectivity index (χ4v) is 3.95. The Hall–Kier alpha value is -0.870. The molecule has 0 aliphatic heterocycles. The van der Waals surface area contributed by atoms with Gasteiger partial charge in [0.15, 0.2) is 0 Å². The Kier molecular flexibility index (Phi) is 5.22. The monoisotopic (exact) mass is 295 g/mol. The lowest BCUT2D eigenvalue weighted by Gasteiger charge is -2.29. The number of amides is 1. The number of rotatable bonds is 6. The number of carbonyl (C=O) groups excluding carboxylic acids is 1. The van der Waals surface area contributed by atoms with Crippen LogP contribution in [0.5, 0.6) is 0 Å². The van der Waals surface area contributed by atoms with Crippen LogP contribution in [-0.2, 0) is 12.8 Å². The van der Waals surface area contributed by atoms with Crippen LogP contribution in [0.15, 0.2) is 5.38 Å². The number of fused-ring (bicyclic) bond motifs is 1. The first-order valence-electron chi connectivity index (χ1n) is 7.64. The molecule has 0 saturated carbocycles. The third-order valence-electron chi connectivity index (χ3n) is 4.77. The van der Waals surface area contributed by atoms with Crippen molar-refractivity contribution in [3.05, 3.63) is 21.4 Å². The highest BCUT2D eigenvalue weighted by atomic mass is 32.1. The third-order valence-corrected chi connectivity index (χ3v) is 5.85. The minimum atomic E-state index is -0.175. The lowest BCUT2D eigenvalue weighted by Crippen LogP contribution is -2.39. The summed E-state index contributed by atoms with van der Waals surface area (Å²) in [6.45, 7) is 4.82. The molecule has 0 fully saturated rings. The molecule has 20 heavy (non-hydrogen) atoms. The second-order valence-corrected chi connectivity index (χ2v) is 6.77. The van der Waals surface area contributed by atoms with Crippen LogP contribution in [0.1, 0.15) is 60.3 Å². The van der Waals surface area contributed by atoms with Gasteiger partial charge < -0.3 is 10.4 Å². The average Bonchev–Trinajstić information content (AvgIpc) is 2.93. The van der Waals surface area contributed by atoms with E-state index in [1.165, 1.54) is 23.3 Å². The molecule has 0 atom stereocenters. The number of hydrogen-bond donors (Lipinski definition) is 2. The van der Waals surface area contributed by atoms with Gasteiger partial charge >= 0.3 is 0 Å². The van der Waals surface area contributed by atoms with Crippen molar-refractivity contribution in [1.29, 1.82) is 0 Å². The molecule has 2 N–H and O–H groups in total. The van der Waals surface area contributed by atoms with Crippen LogP contribution >= 0.6 is 11.3 Å². The number of thiophene rings is 1. The molecule has 1 amide bonds. The van der Waals surface area contributed by atoms with Crippen molar-refractivity contribution >= 4 is 17.2 Å². The van der Waals surface area contributed by atoms with Crippen LogP contribution in [0, 0.1) is 5.41 Å². The van der Waals surface area contributed by atoms with E-state index in [0.717, 1.165) is 31.2 Å². The van der Waals surface area contributed by atoms with Crippen molar-refractivity contribution in [1.82, 2.24) is 5.32 Å². The third kappa shape index (κ3) is 3.07. The van der Waals surface area contributed by atoms with E-state index in [-0.39, 0.29) is 17.9 Å². The molecule has 0 saturated heterocycles. The molecule has 0 aromatic carbocycles. The lowest BCUT2D eigenvalue weighted by molar-refractivity contribution is 0.0850. The summed E-state index contributed by atoms with van der Waals surface area (Å²) in [4.78, 5) is 13.8. The normalized spacial score (nSPS) is 14.9. The summed E-state index contributed by atoms with van der Waals surface area (Å²) >= 11 is 1.72. The van der Waals surface area contributed by atoms with Crippen LogP contribution in [0.2, 0.25) is 0 Å². The maximum atomic E-state index is 12.4. The van der Waals surface area contributed by atoms with Crippen molar-refractivity contribution in [2.45, 2.75) is 52.4 Å². The van der Waals surface area contributed by atoms with Gasteiger partial charge in [-0.15, -0.1) is 11.3 Å². The Morgan fingerprint density at radius 3 is 2.70 bits per heavy atom. The molecule has 4 heteroatoms. The van der Waals surface area contributed by atoms with Crippen LogP contribution in [0.3, 0.4) is 0 Å². The molecule has 0 unspecified atom stereocenters. The van der Waals surface area contributed by atoms with Crippen LogP contribution < -0.4 is 5.32 Å². The van der Waals surface area contributed by atoms with Gasteiger partial charge in [0.2, 0.25) is 0 Å². The molecule has 1 aliphatic rings. The number of carbonyl (C=O) groups is 1. The molecule has 1 aliphatic carbocycles. The molecular weight excluding hydrogens is 270 g/mol. The van der Waals surface area contributed by atoms with Gasteiger partial charge in [-0.25, -0.2) is 0 Å². The smallest absolute Gasteiger partial charge is 0.252 e. The first-order valence-corrected chi connectivity index (χ1v) is 8.52. The van der Waals surface area contributed by atoms with Crippen molar-refractivity contribution in [3.8, 4) is 0 Å². The highest BCUT2D eigenvalue weighted by molar-refractivity contribution is 7.10. The fourth-order valence-electron chi connectivity index (χ4n) is 2.83. The number of hydrogen-bond acceptors (Lipinski definition) is 3. The first kappa shape index (κ1) is 15.5. The fraction of sp³-hybridized carbons (Fsp3) is 0.688. The van der Waals surface area contributed by atoms with E-state index >= 15 is 0 Å². The number of nitrogens with one attached hydrogen (secondary N) is 1. The van der Waals surface area contributed by atoms with Crippen LogP contribution in [-0.4, -0.2) is 24.2 Å². The molecule has 3 nitrogen and oxygen atoms in total. The Bertz CT molecular complexity index is 455. The summed E-state index contributed by atoms with van der Waals surface area (Å²) in [5, 5.41) is 14.6. The zero-order chi connectivity index (χ0) is 14.6. The van der Waals surface area contributed by atoms with Gasteiger partial charge in [-0.2, -0.15) is 0 Å². The minimum Gasteiger partial charge on any atom is -0.396 e. The Morgan fingerprint density at radius 1 is 1.35 bits per heavy atom. The summed E-state index contributed by atoms with van der Waals surface area (Å²) in [7, 11) is 0. The summed E-state index contributed by atoms with van der Waals surface area (Å²) in [6, 6.07) is 0. The Morgan fingerprint density at radius 2 is 2.05 bits per heavy atom. The summed E-state index contributed by atoms with van der Waals surface area (Å²) in [5.74, 6) is 0.0316. The number of aryl methyl sites for hydroxylation is 1. The summed E-state index contributed by atoms with van der Waals surface area (Å²) < 4.78 is 0. The quantitative estimate of drug-likeness (QED) is 0.847. The van der Waals surface area contributed by atoms with Crippen LogP contribution in [0.4, 0.5) is 0 Å². The Balaban J connectivity index is 2.04. The van der Waals surface area contributed by atoms with Crippen LogP contribution in [0.25, 0.3) is 0 Å². The molecular formula is C16H25NO2S. The first-order chi connectivity index (χ1) is 9.65. The average molecular weight is 295 g/mol. The predicted molar refractivity (Wildman–Crippen MR) is 83.4 cm³/mol. The zero-order valence-corrected chi connectivity index (χ0v) is 13.3. The van der Waals surface area contributed by atoms with Gasteiger partial charge in [0.25, 0.3) is 5.91 Å². The number of aliphatic hydroxyl groups excluding tert-OH is 1. The molecule has 0 bridgehead atoms. The van der Waals surface area contributed by atoms with Gasteiger partial charge in [0.1, 0.15) is 0 Å². The second-order valence-electron chi connectivity index (χ2n) is 5.81. The van der Waals surface area contributed by atoms with E-state index in [0.29, 0.717) is 6.54 Å². The van der Waals surface area contributed by atoms with E-state index in [2.05, 4.69) is 19.2 Å². The van der Waals surface area contributed by atoms with E-state index in [1.54, 1.807) is 11.3 Å². The minimum absolute atomic E-state index is 0.0316. The largest absolute Gasteiger partial charge is 0.396 e. The van der Waals surface area contributed by atoms with Gasteiger partial charge in [0.05, 0.1) is 12.2 Å². The van der Waals surface area contributed by atoms with Crippen molar-refractivity contribution in [2.75, 3.05) is 13.2 Å². The highest BCUT2D eigenvalue weighted by Crippen LogP contribution is 2.30. The van der Waals surface area contributed by atoms with Crippen molar-refractivity contribution in [2.24, 2.45) is 5.41 Å². The summed E-state index contributed by atoms with van der Waals surface area (Å²) in [5.41, 5.74) is 1.95. The number of aliphatic hydroxyl groups is 1. The topological polar surface area (TPSA) is 49.3 Å². The van der Waals surface area contributed by atoms with E-state index in [4.69, 9.17) is 0 Å². The van der Waals surface area contributed by atoms with Gasteiger partial charge in [-0.3, -0.25) is 4.79 Å². The SMILES string of the molecule is CCC(CC)(CO)CNC(=O)c1csc2c1CCCC2. The maximum Gasteiger partial charge on any atom is 0.252 e. The molecule has 1 heterocycles. The standard InChI is InChI=1S/C16H25NO2S/c1-3-16(4-2,11-18)10-17-15(19)13-9-20-14-8-6-5-7-12(13)14/h9,18H,3-8,10-11H2,1-2H3,(H,17,19). The van der Waals surface area contributed by atoms with Gasteiger partial charge in [0, 0.05) is 22.2 Å². The summed E-state index contributed by atoms with van der Waals surface area (Å²) in [6.07, 6.45) is 6.35. The van der Waals surface area contributed by atoms with Crippen molar-refractivity contribution in [3.63, 3.8) is 0 Å². The maximum absolute atomic E-state index is 12.4. The molecule has 0 spiro atoms. The molecule has 112 valence electrons. The second kappa shape index (κ2) is 6.72. The Labute approximate surface area is 125 Å². The van der Waals surface area contributed by atoms with Gasteiger partial charge in [-0.1, -0.05) is 13.8 Å². The van der Waals surface area contributed by atoms with Crippen molar-refractivity contribution < 1.29 is 9.90 Å². The molecule has 2 rings (SSSR count). The molecule has 1 aromatic rings. The highest BCUT2D eigenvalue weighted by Gasteiger charge is 2.27. The van der Waals surface area contributed by atoms with Gasteiger partial charge in [-0.05, 0) is 44.1 Å². The lowest BCUT2D eigenvalue weighted by atomic mass is 9.83. The predicted octanol–water partition coefficient (Wildman–Crippen LogP) is 3.16. The molecule has 1 aromatic heterocycles. The zero-order valence-electron chi connectivity index (χ0n) is 12.5.